The summed E-state index contributed by atoms with van der Waals surface area (Å²) < 4.78 is 24.2. The average molecular weight is 401 g/mol. The van der Waals surface area contributed by atoms with Crippen LogP contribution in [0.2, 0.25) is 10.0 Å². The van der Waals surface area contributed by atoms with Gasteiger partial charge in [0.05, 0.1) is 16.3 Å². The van der Waals surface area contributed by atoms with Crippen molar-refractivity contribution in [2.75, 3.05) is 0 Å². The van der Waals surface area contributed by atoms with Gasteiger partial charge in [0.2, 0.25) is 10.0 Å². The summed E-state index contributed by atoms with van der Waals surface area (Å²) in [7, 11) is -3.77. The Morgan fingerprint density at radius 1 is 1.00 bits per heavy atom. The van der Waals surface area contributed by atoms with E-state index >= 15 is 0 Å². The zero-order valence-corrected chi connectivity index (χ0v) is 15.1. The molecule has 0 spiro atoms. The summed E-state index contributed by atoms with van der Waals surface area (Å²) in [5.74, 6) is 0. The van der Waals surface area contributed by atoms with Gasteiger partial charge in [0, 0.05) is 15.4 Å². The molecule has 0 aliphatic carbocycles. The van der Waals surface area contributed by atoms with Crippen molar-refractivity contribution in [2.45, 2.75) is 4.90 Å². The summed E-state index contributed by atoms with van der Waals surface area (Å²) >= 11 is 13.0. The van der Waals surface area contributed by atoms with Gasteiger partial charge in [-0.3, -0.25) is 9.36 Å². The third kappa shape index (κ3) is 3.40. The standard InChI is InChI=1S/C15H10Cl2N2O3S2/c16-10-5-11(17)7-12(6-10)19-14(8-23-15(19)20)9-1-3-13(4-2-9)24(18,21)22/h1-8H,(H2,18,21,22). The number of hydrogen-bond donors (Lipinski definition) is 1. The van der Waals surface area contributed by atoms with Gasteiger partial charge in [-0.05, 0) is 35.9 Å². The molecule has 0 aliphatic heterocycles. The lowest BCUT2D eigenvalue weighted by atomic mass is 10.1. The van der Waals surface area contributed by atoms with Gasteiger partial charge in [-0.25, -0.2) is 13.6 Å². The molecule has 2 N–H and O–H groups in total. The largest absolute Gasteiger partial charge is 0.312 e. The predicted octanol–water partition coefficient (Wildman–Crippen LogP) is 3.52. The van der Waals surface area contributed by atoms with Crippen LogP contribution in [0.15, 0.2) is 57.5 Å². The molecule has 3 aromatic rings. The molecule has 0 amide bonds. The minimum atomic E-state index is -3.77. The normalized spacial score (nSPS) is 11.6. The summed E-state index contributed by atoms with van der Waals surface area (Å²) in [4.78, 5) is 12.0. The average Bonchev–Trinajstić information content (AvgIpc) is 2.87. The van der Waals surface area contributed by atoms with E-state index in [1.807, 2.05) is 0 Å². The van der Waals surface area contributed by atoms with Crippen LogP contribution in [0, 0.1) is 0 Å². The molecule has 0 saturated heterocycles. The summed E-state index contributed by atoms with van der Waals surface area (Å²) in [5.41, 5.74) is 1.80. The van der Waals surface area contributed by atoms with E-state index in [0.29, 0.717) is 27.0 Å². The van der Waals surface area contributed by atoms with Gasteiger partial charge in [-0.2, -0.15) is 0 Å². The molecule has 0 unspecified atom stereocenters. The van der Waals surface area contributed by atoms with Crippen LogP contribution >= 0.6 is 34.5 Å². The Labute approximate surface area is 151 Å². The smallest absolute Gasteiger partial charge is 0.267 e. The van der Waals surface area contributed by atoms with Crippen molar-refractivity contribution < 1.29 is 8.42 Å². The molecule has 0 radical (unpaired) electrons. The second kappa shape index (κ2) is 6.34. The van der Waals surface area contributed by atoms with Gasteiger partial charge in [0.1, 0.15) is 0 Å². The first-order valence-electron chi connectivity index (χ1n) is 6.56. The molecule has 9 heteroatoms. The maximum Gasteiger partial charge on any atom is 0.312 e. The van der Waals surface area contributed by atoms with Crippen LogP contribution in [-0.4, -0.2) is 13.0 Å². The number of nitrogens with two attached hydrogens (primary N) is 1. The predicted molar refractivity (Wildman–Crippen MR) is 96.7 cm³/mol. The Morgan fingerprint density at radius 3 is 2.12 bits per heavy atom. The number of halogens is 2. The van der Waals surface area contributed by atoms with Crippen molar-refractivity contribution in [3.8, 4) is 16.9 Å². The molecule has 1 aromatic heterocycles. The van der Waals surface area contributed by atoms with Crippen LogP contribution in [0.1, 0.15) is 0 Å². The van der Waals surface area contributed by atoms with E-state index in [0.717, 1.165) is 11.3 Å². The van der Waals surface area contributed by atoms with Gasteiger partial charge >= 0.3 is 4.87 Å². The fraction of sp³-hybridized carbons (Fsp3) is 0. The fourth-order valence-electron chi connectivity index (χ4n) is 2.24. The van der Waals surface area contributed by atoms with Crippen LogP contribution in [0.3, 0.4) is 0 Å². The maximum absolute atomic E-state index is 12.2. The van der Waals surface area contributed by atoms with E-state index in [1.54, 1.807) is 35.7 Å². The lowest BCUT2D eigenvalue weighted by Gasteiger charge is -2.09. The number of primary sulfonamides is 1. The van der Waals surface area contributed by atoms with E-state index in [1.165, 1.54) is 16.7 Å². The highest BCUT2D eigenvalue weighted by atomic mass is 35.5. The molecule has 0 bridgehead atoms. The highest BCUT2D eigenvalue weighted by Gasteiger charge is 2.14. The number of rotatable bonds is 3. The van der Waals surface area contributed by atoms with Crippen molar-refractivity contribution in [1.29, 1.82) is 0 Å². The molecule has 0 atom stereocenters. The second-order valence-electron chi connectivity index (χ2n) is 4.92. The Hall–Kier alpha value is -1.64. The monoisotopic (exact) mass is 400 g/mol. The van der Waals surface area contributed by atoms with E-state index < -0.39 is 10.0 Å². The summed E-state index contributed by atoms with van der Waals surface area (Å²) in [5, 5.41) is 7.59. The zero-order valence-electron chi connectivity index (χ0n) is 11.9. The minimum Gasteiger partial charge on any atom is -0.267 e. The molecule has 1 heterocycles. The molecular formula is C15H10Cl2N2O3S2. The van der Waals surface area contributed by atoms with Crippen LogP contribution in [-0.2, 0) is 10.0 Å². The van der Waals surface area contributed by atoms with Gasteiger partial charge in [-0.1, -0.05) is 46.7 Å². The molecule has 24 heavy (non-hydrogen) atoms. The molecule has 0 fully saturated rings. The van der Waals surface area contributed by atoms with E-state index in [-0.39, 0.29) is 9.77 Å². The van der Waals surface area contributed by atoms with Crippen molar-refractivity contribution >= 4 is 44.6 Å². The highest BCUT2D eigenvalue weighted by Crippen LogP contribution is 2.27. The van der Waals surface area contributed by atoms with Gasteiger partial charge in [0.25, 0.3) is 0 Å². The molecule has 0 saturated carbocycles. The van der Waals surface area contributed by atoms with Crippen LogP contribution in [0.4, 0.5) is 0 Å². The first kappa shape index (κ1) is 17.2. The van der Waals surface area contributed by atoms with Gasteiger partial charge in [-0.15, -0.1) is 0 Å². The molecule has 2 aromatic carbocycles. The number of hydrogen-bond acceptors (Lipinski definition) is 4. The van der Waals surface area contributed by atoms with Crippen molar-refractivity contribution in [1.82, 2.24) is 4.57 Å². The van der Waals surface area contributed by atoms with Crippen molar-refractivity contribution in [2.24, 2.45) is 5.14 Å². The molecule has 124 valence electrons. The fourth-order valence-corrected chi connectivity index (χ4v) is 4.03. The van der Waals surface area contributed by atoms with Crippen LogP contribution < -0.4 is 10.0 Å². The zero-order chi connectivity index (χ0) is 17.5. The number of aromatic nitrogens is 1. The minimum absolute atomic E-state index is 0.00109. The van der Waals surface area contributed by atoms with Gasteiger partial charge < -0.3 is 0 Å². The molecule has 5 nitrogen and oxygen atoms in total. The lowest BCUT2D eigenvalue weighted by Crippen LogP contribution is -2.13. The maximum atomic E-state index is 12.2. The quantitative estimate of drug-likeness (QED) is 0.729. The molecular weight excluding hydrogens is 391 g/mol. The topological polar surface area (TPSA) is 82.2 Å². The van der Waals surface area contributed by atoms with E-state index in [2.05, 4.69) is 0 Å². The third-order valence-electron chi connectivity index (χ3n) is 3.28. The third-order valence-corrected chi connectivity index (χ3v) is 5.37. The Kier molecular flexibility index (Phi) is 4.54. The van der Waals surface area contributed by atoms with Crippen LogP contribution in [0.25, 0.3) is 16.9 Å². The molecule has 0 aliphatic rings. The number of nitrogens with zero attached hydrogens (tertiary/aromatic N) is 1. The van der Waals surface area contributed by atoms with E-state index in [4.69, 9.17) is 28.3 Å². The Balaban J connectivity index is 2.16. The first-order valence-corrected chi connectivity index (χ1v) is 9.74. The van der Waals surface area contributed by atoms with Crippen molar-refractivity contribution in [3.05, 3.63) is 67.6 Å². The number of sulfonamides is 1. The number of thiazole rings is 1. The van der Waals surface area contributed by atoms with Crippen LogP contribution in [0.5, 0.6) is 0 Å². The Bertz CT molecular complexity index is 1050. The molecule has 3 rings (SSSR count). The summed E-state index contributed by atoms with van der Waals surface area (Å²) in [6.07, 6.45) is 0. The van der Waals surface area contributed by atoms with E-state index in [9.17, 15) is 13.2 Å². The SMILES string of the molecule is NS(=O)(=O)c1ccc(-c2csc(=O)n2-c2cc(Cl)cc(Cl)c2)cc1. The second-order valence-corrected chi connectivity index (χ2v) is 8.17. The first-order chi connectivity index (χ1) is 11.3. The lowest BCUT2D eigenvalue weighted by molar-refractivity contribution is 0.598. The summed E-state index contributed by atoms with van der Waals surface area (Å²) in [6, 6.07) is 10.8. The number of benzene rings is 2. The highest BCUT2D eigenvalue weighted by molar-refractivity contribution is 7.89. The summed E-state index contributed by atoms with van der Waals surface area (Å²) in [6.45, 7) is 0. The van der Waals surface area contributed by atoms with Crippen molar-refractivity contribution in [3.63, 3.8) is 0 Å². The van der Waals surface area contributed by atoms with Gasteiger partial charge in [0.15, 0.2) is 0 Å². The Morgan fingerprint density at radius 2 is 1.58 bits per heavy atom.